The molecule has 0 heterocycles. The number of esters is 1. The normalized spacial score (nSPS) is 13.9. The van der Waals surface area contributed by atoms with Gasteiger partial charge in [-0.25, -0.2) is 4.79 Å². The molecule has 6 nitrogen and oxygen atoms in total. The van der Waals surface area contributed by atoms with Gasteiger partial charge < -0.3 is 15.8 Å². The maximum Gasteiger partial charge on any atom is 0.329 e. The van der Waals surface area contributed by atoms with Crippen LogP contribution in [0.5, 0.6) is 0 Å². The van der Waals surface area contributed by atoms with Crippen molar-refractivity contribution < 1.29 is 19.1 Å². The monoisotopic (exact) mass is 348 g/mol. The highest BCUT2D eigenvalue weighted by molar-refractivity contribution is 5.97. The zero-order valence-electron chi connectivity index (χ0n) is 15.8. The van der Waals surface area contributed by atoms with E-state index in [9.17, 15) is 14.4 Å². The van der Waals surface area contributed by atoms with Crippen LogP contribution in [0, 0.1) is 5.92 Å². The van der Waals surface area contributed by atoms with Crippen molar-refractivity contribution in [1.82, 2.24) is 5.32 Å². The maximum atomic E-state index is 12.4. The van der Waals surface area contributed by atoms with Crippen LogP contribution in [0.1, 0.15) is 57.5 Å². The summed E-state index contributed by atoms with van der Waals surface area (Å²) in [7, 11) is 0. The second-order valence-corrected chi connectivity index (χ2v) is 7.50. The number of nitrogens with one attached hydrogen (secondary N) is 1. The second-order valence-electron chi connectivity index (χ2n) is 7.50. The van der Waals surface area contributed by atoms with Crippen LogP contribution in [0.15, 0.2) is 24.3 Å². The summed E-state index contributed by atoms with van der Waals surface area (Å²) in [4.78, 5) is 35.7. The number of ether oxygens (including phenoxy) is 1. The zero-order valence-corrected chi connectivity index (χ0v) is 15.8. The molecule has 2 atom stereocenters. The van der Waals surface area contributed by atoms with Gasteiger partial charge in [-0.3, -0.25) is 9.59 Å². The minimum atomic E-state index is -1.04. The van der Waals surface area contributed by atoms with E-state index in [0.717, 1.165) is 5.56 Å². The zero-order chi connectivity index (χ0) is 19.4. The molecule has 0 aromatic heterocycles. The molecule has 0 unspecified atom stereocenters. The highest BCUT2D eigenvalue weighted by atomic mass is 16.5. The number of hydrogen-bond acceptors (Lipinski definition) is 4. The number of amides is 2. The molecule has 6 heteroatoms. The van der Waals surface area contributed by atoms with Gasteiger partial charge in [-0.1, -0.05) is 46.8 Å². The van der Waals surface area contributed by atoms with Crippen LogP contribution in [0.25, 0.3) is 0 Å². The predicted molar refractivity (Wildman–Crippen MR) is 96.0 cm³/mol. The van der Waals surface area contributed by atoms with E-state index in [4.69, 9.17) is 10.5 Å². The summed E-state index contributed by atoms with van der Waals surface area (Å²) in [6.45, 7) is 11.2. The van der Waals surface area contributed by atoms with Crippen molar-refractivity contribution in [3.63, 3.8) is 0 Å². The highest BCUT2D eigenvalue weighted by Crippen LogP contribution is 2.22. The highest BCUT2D eigenvalue weighted by Gasteiger charge is 2.28. The van der Waals surface area contributed by atoms with Crippen molar-refractivity contribution in [1.29, 1.82) is 0 Å². The van der Waals surface area contributed by atoms with E-state index in [1.807, 2.05) is 12.1 Å². The molecule has 1 aromatic carbocycles. The summed E-state index contributed by atoms with van der Waals surface area (Å²) in [5.41, 5.74) is 6.65. The Morgan fingerprint density at radius 2 is 1.56 bits per heavy atom. The van der Waals surface area contributed by atoms with E-state index in [2.05, 4.69) is 26.1 Å². The summed E-state index contributed by atoms with van der Waals surface area (Å²) < 4.78 is 5.01. The third-order valence-electron chi connectivity index (χ3n) is 3.91. The molecule has 0 saturated heterocycles. The largest absolute Gasteiger partial charge is 0.451 e. The van der Waals surface area contributed by atoms with Gasteiger partial charge in [0.05, 0.1) is 0 Å². The third kappa shape index (κ3) is 5.89. The molecular formula is C19H28N2O4. The van der Waals surface area contributed by atoms with Crippen LogP contribution >= 0.6 is 0 Å². The quantitative estimate of drug-likeness (QED) is 0.770. The van der Waals surface area contributed by atoms with Crippen LogP contribution in [0.4, 0.5) is 0 Å². The molecule has 3 N–H and O–H groups in total. The average molecular weight is 348 g/mol. The minimum Gasteiger partial charge on any atom is -0.451 e. The third-order valence-corrected chi connectivity index (χ3v) is 3.91. The Morgan fingerprint density at radius 3 is 1.96 bits per heavy atom. The Hall–Kier alpha value is -2.37. The molecule has 0 aliphatic carbocycles. The smallest absolute Gasteiger partial charge is 0.329 e. The van der Waals surface area contributed by atoms with E-state index in [-0.39, 0.29) is 17.2 Å². The summed E-state index contributed by atoms with van der Waals surface area (Å²) in [6, 6.07) is 6.38. The van der Waals surface area contributed by atoms with Crippen LogP contribution < -0.4 is 11.1 Å². The molecular weight excluding hydrogens is 320 g/mol. The maximum absolute atomic E-state index is 12.4. The Morgan fingerprint density at radius 1 is 1.04 bits per heavy atom. The van der Waals surface area contributed by atoms with Gasteiger partial charge in [-0.15, -0.1) is 0 Å². The summed E-state index contributed by atoms with van der Waals surface area (Å²) in [5, 5.41) is 2.67. The Bertz CT molecular complexity index is 630. The molecule has 1 rings (SSSR count). The first-order valence-electron chi connectivity index (χ1n) is 8.34. The fourth-order valence-electron chi connectivity index (χ4n) is 2.15. The number of hydrogen-bond donors (Lipinski definition) is 2. The summed E-state index contributed by atoms with van der Waals surface area (Å²) in [5.74, 6) is -1.99. The van der Waals surface area contributed by atoms with Gasteiger partial charge >= 0.3 is 5.97 Å². The van der Waals surface area contributed by atoms with Crippen molar-refractivity contribution in [3.05, 3.63) is 35.4 Å². The lowest BCUT2D eigenvalue weighted by atomic mass is 9.86. The van der Waals surface area contributed by atoms with Gasteiger partial charge in [0.15, 0.2) is 6.10 Å². The predicted octanol–water partition coefficient (Wildman–Crippen LogP) is 2.16. The number of rotatable bonds is 6. The molecule has 1 aromatic rings. The molecule has 0 saturated carbocycles. The van der Waals surface area contributed by atoms with Gasteiger partial charge in [-0.2, -0.15) is 0 Å². The van der Waals surface area contributed by atoms with Crippen LogP contribution in [-0.2, 0) is 19.7 Å². The van der Waals surface area contributed by atoms with Crippen LogP contribution in [0.2, 0.25) is 0 Å². The number of carbonyl (C=O) groups excluding carboxylic acids is 3. The molecule has 0 radical (unpaired) electrons. The number of nitrogens with two attached hydrogens (primary N) is 1. The first-order chi connectivity index (χ1) is 11.4. The van der Waals surface area contributed by atoms with Crippen LogP contribution in [0.3, 0.4) is 0 Å². The second kappa shape index (κ2) is 8.14. The fraction of sp³-hybridized carbons (Fsp3) is 0.526. The molecule has 0 aliphatic heterocycles. The Kier molecular flexibility index (Phi) is 6.73. The summed E-state index contributed by atoms with van der Waals surface area (Å²) >= 11 is 0. The SMILES string of the molecule is CC(C)[C@@H](NC(=O)c1ccc(C(C)(C)C)cc1)C(=O)O[C@H](C)C(N)=O. The van der Waals surface area contributed by atoms with Crippen molar-refractivity contribution in [2.75, 3.05) is 0 Å². The minimum absolute atomic E-state index is 0.00974. The lowest BCUT2D eigenvalue weighted by molar-refractivity contribution is -0.156. The number of carbonyl (C=O) groups is 3. The summed E-state index contributed by atoms with van der Waals surface area (Å²) in [6.07, 6.45) is -1.04. The van der Waals surface area contributed by atoms with E-state index < -0.39 is 24.0 Å². The lowest BCUT2D eigenvalue weighted by Crippen LogP contribution is -2.47. The first kappa shape index (κ1) is 20.7. The van der Waals surface area contributed by atoms with E-state index >= 15 is 0 Å². The van der Waals surface area contributed by atoms with Gasteiger partial charge in [0.2, 0.25) is 0 Å². The molecule has 0 spiro atoms. The van der Waals surface area contributed by atoms with Crippen molar-refractivity contribution in [2.24, 2.45) is 11.7 Å². The van der Waals surface area contributed by atoms with E-state index in [1.54, 1.807) is 26.0 Å². The van der Waals surface area contributed by atoms with Crippen LogP contribution in [-0.4, -0.2) is 29.9 Å². The van der Waals surface area contributed by atoms with Gasteiger partial charge in [0.1, 0.15) is 6.04 Å². The Labute approximate surface area is 149 Å². The van der Waals surface area contributed by atoms with Crippen molar-refractivity contribution in [3.8, 4) is 0 Å². The van der Waals surface area contributed by atoms with E-state index in [1.165, 1.54) is 6.92 Å². The standard InChI is InChI=1S/C19H28N2O4/c1-11(2)15(18(24)25-12(3)16(20)22)21-17(23)13-7-9-14(10-8-13)19(4,5)6/h7-12,15H,1-6H3,(H2,20,22)(H,21,23)/t12-,15-/m1/s1. The van der Waals surface area contributed by atoms with E-state index in [0.29, 0.717) is 5.56 Å². The lowest BCUT2D eigenvalue weighted by Gasteiger charge is -2.23. The van der Waals surface area contributed by atoms with Gasteiger partial charge in [-0.05, 0) is 36.0 Å². The number of benzene rings is 1. The van der Waals surface area contributed by atoms with Gasteiger partial charge in [0, 0.05) is 5.56 Å². The average Bonchev–Trinajstić information content (AvgIpc) is 2.50. The molecule has 0 bridgehead atoms. The van der Waals surface area contributed by atoms with Gasteiger partial charge in [0.25, 0.3) is 11.8 Å². The van der Waals surface area contributed by atoms with Crippen molar-refractivity contribution in [2.45, 2.75) is 59.1 Å². The topological polar surface area (TPSA) is 98.5 Å². The molecule has 25 heavy (non-hydrogen) atoms. The molecule has 0 aliphatic rings. The molecule has 138 valence electrons. The first-order valence-corrected chi connectivity index (χ1v) is 8.34. The molecule has 2 amide bonds. The molecule has 0 fully saturated rings. The number of primary amides is 1. The Balaban J connectivity index is 2.86. The van der Waals surface area contributed by atoms with Crippen molar-refractivity contribution >= 4 is 17.8 Å². The fourth-order valence-corrected chi connectivity index (χ4v) is 2.15.